The third-order valence-corrected chi connectivity index (χ3v) is 8.89. The Morgan fingerprint density at radius 1 is 0.925 bits per heavy atom. The van der Waals surface area contributed by atoms with E-state index in [0.29, 0.717) is 39.3 Å². The number of amides is 2. The third-order valence-electron chi connectivity index (χ3n) is 6.11. The van der Waals surface area contributed by atoms with E-state index in [1.54, 1.807) is 32.0 Å². The lowest BCUT2D eigenvalue weighted by Crippen LogP contribution is -2.52. The molecule has 0 saturated carbocycles. The van der Waals surface area contributed by atoms with Crippen LogP contribution in [0.2, 0.25) is 15.1 Å². The van der Waals surface area contributed by atoms with E-state index in [4.69, 9.17) is 39.5 Å². The molecule has 0 radical (unpaired) electrons. The molecule has 0 spiro atoms. The summed E-state index contributed by atoms with van der Waals surface area (Å²) in [6, 6.07) is 16.0. The molecule has 0 heterocycles. The van der Waals surface area contributed by atoms with Gasteiger partial charge in [-0.05, 0) is 79.6 Å². The van der Waals surface area contributed by atoms with Gasteiger partial charge in [0.15, 0.2) is 0 Å². The van der Waals surface area contributed by atoms with Crippen LogP contribution in [0.3, 0.4) is 0 Å². The number of nitrogens with one attached hydrogen (secondary N) is 1. The molecule has 1 unspecified atom stereocenters. The molecule has 0 aliphatic heterocycles. The Bertz CT molecular complexity index is 1430. The van der Waals surface area contributed by atoms with Gasteiger partial charge >= 0.3 is 0 Å². The number of rotatable bonds is 12. The minimum atomic E-state index is -4.22. The second-order valence-electron chi connectivity index (χ2n) is 8.75. The van der Waals surface area contributed by atoms with Crippen molar-refractivity contribution in [1.82, 2.24) is 10.2 Å². The predicted molar refractivity (Wildman–Crippen MR) is 159 cm³/mol. The highest BCUT2D eigenvalue weighted by atomic mass is 35.5. The van der Waals surface area contributed by atoms with Gasteiger partial charge in [-0.15, -0.1) is 0 Å². The minimum absolute atomic E-state index is 0.00239. The molecule has 8 nitrogen and oxygen atoms in total. The van der Waals surface area contributed by atoms with Crippen molar-refractivity contribution in [1.29, 1.82) is 0 Å². The van der Waals surface area contributed by atoms with Gasteiger partial charge in [-0.1, -0.05) is 47.8 Å². The monoisotopic (exact) mass is 625 g/mol. The van der Waals surface area contributed by atoms with Crippen molar-refractivity contribution < 1.29 is 22.7 Å². The predicted octanol–water partition coefficient (Wildman–Crippen LogP) is 5.79. The molecule has 0 aromatic heterocycles. The van der Waals surface area contributed by atoms with Crippen LogP contribution >= 0.6 is 34.8 Å². The highest BCUT2D eigenvalue weighted by Crippen LogP contribution is 2.28. The fourth-order valence-electron chi connectivity index (χ4n) is 4.06. The number of methoxy groups -OCH3 is 1. The maximum Gasteiger partial charge on any atom is 0.264 e. The van der Waals surface area contributed by atoms with Crippen LogP contribution in [0.1, 0.15) is 25.8 Å². The van der Waals surface area contributed by atoms with E-state index in [0.717, 1.165) is 4.31 Å². The molecule has 214 valence electrons. The Hall–Kier alpha value is -2.98. The normalized spacial score (nSPS) is 11.9. The van der Waals surface area contributed by atoms with Gasteiger partial charge in [0.2, 0.25) is 11.8 Å². The Balaban J connectivity index is 2.06. The molecule has 0 fully saturated rings. The smallest absolute Gasteiger partial charge is 0.264 e. The standard InChI is InChI=1S/C28H30Cl3N3O5S/c1-4-26(28(36)32-5-2)33(17-19-6-15-24(30)25(31)16-19)27(35)18-34(21-9-7-20(29)8-10-21)40(37,38)23-13-11-22(39-3)12-14-23/h6-16,26H,4-5,17-18H2,1-3H3,(H,32,36). The van der Waals surface area contributed by atoms with Crippen molar-refractivity contribution >= 4 is 62.3 Å². The first kappa shape index (κ1) is 31.5. The fraction of sp³-hybridized carbons (Fsp3) is 0.286. The van der Waals surface area contributed by atoms with E-state index < -0.39 is 28.5 Å². The zero-order valence-corrected chi connectivity index (χ0v) is 25.3. The Morgan fingerprint density at radius 3 is 2.12 bits per heavy atom. The first-order chi connectivity index (χ1) is 19.0. The number of carbonyl (C=O) groups is 2. The van der Waals surface area contributed by atoms with Gasteiger partial charge in [-0.2, -0.15) is 0 Å². The lowest BCUT2D eigenvalue weighted by molar-refractivity contribution is -0.140. The summed E-state index contributed by atoms with van der Waals surface area (Å²) in [5.41, 5.74) is 0.857. The summed E-state index contributed by atoms with van der Waals surface area (Å²) < 4.78 is 33.9. The Kier molecular flexibility index (Phi) is 11.1. The van der Waals surface area contributed by atoms with Crippen LogP contribution in [0, 0.1) is 0 Å². The molecule has 1 N–H and O–H groups in total. The number of carbonyl (C=O) groups excluding carboxylic acids is 2. The number of anilines is 1. The number of likely N-dealkylation sites (N-methyl/N-ethyl adjacent to an activating group) is 1. The summed E-state index contributed by atoms with van der Waals surface area (Å²) in [5, 5.41) is 3.80. The van der Waals surface area contributed by atoms with Crippen molar-refractivity contribution in [3.8, 4) is 5.75 Å². The lowest BCUT2D eigenvalue weighted by atomic mass is 10.1. The first-order valence-electron chi connectivity index (χ1n) is 12.4. The van der Waals surface area contributed by atoms with Gasteiger partial charge in [0.05, 0.1) is 27.7 Å². The van der Waals surface area contributed by atoms with E-state index in [-0.39, 0.29) is 23.0 Å². The molecular formula is C28H30Cl3N3O5S. The number of hydrogen-bond donors (Lipinski definition) is 1. The molecule has 3 aromatic carbocycles. The van der Waals surface area contributed by atoms with E-state index in [1.807, 2.05) is 0 Å². The Labute approximate surface area is 249 Å². The van der Waals surface area contributed by atoms with Crippen LogP contribution in [0.15, 0.2) is 71.6 Å². The van der Waals surface area contributed by atoms with E-state index in [2.05, 4.69) is 5.32 Å². The van der Waals surface area contributed by atoms with Gasteiger partial charge in [0.1, 0.15) is 18.3 Å². The van der Waals surface area contributed by atoms with Crippen molar-refractivity contribution in [2.45, 2.75) is 37.8 Å². The molecule has 0 aliphatic rings. The lowest BCUT2D eigenvalue weighted by Gasteiger charge is -2.33. The number of nitrogens with zero attached hydrogens (tertiary/aromatic N) is 2. The molecule has 40 heavy (non-hydrogen) atoms. The maximum atomic E-state index is 14.0. The number of sulfonamides is 1. The van der Waals surface area contributed by atoms with Crippen LogP contribution in [0.5, 0.6) is 5.75 Å². The van der Waals surface area contributed by atoms with E-state index in [9.17, 15) is 18.0 Å². The second-order valence-corrected chi connectivity index (χ2v) is 11.9. The highest BCUT2D eigenvalue weighted by Gasteiger charge is 2.33. The summed E-state index contributed by atoms with van der Waals surface area (Å²) in [6.07, 6.45) is 0.297. The van der Waals surface area contributed by atoms with Gasteiger partial charge in [0, 0.05) is 18.1 Å². The number of hydrogen-bond acceptors (Lipinski definition) is 5. The van der Waals surface area contributed by atoms with Crippen LogP contribution in [0.25, 0.3) is 0 Å². The van der Waals surface area contributed by atoms with Crippen molar-refractivity contribution in [3.05, 3.63) is 87.4 Å². The zero-order chi connectivity index (χ0) is 29.4. The van der Waals surface area contributed by atoms with Crippen LogP contribution in [-0.4, -0.2) is 51.4 Å². The molecule has 3 rings (SSSR count). The maximum absolute atomic E-state index is 14.0. The van der Waals surface area contributed by atoms with Gasteiger partial charge < -0.3 is 15.0 Å². The van der Waals surface area contributed by atoms with Crippen molar-refractivity contribution in [3.63, 3.8) is 0 Å². The van der Waals surface area contributed by atoms with Crippen molar-refractivity contribution in [2.24, 2.45) is 0 Å². The molecular weight excluding hydrogens is 597 g/mol. The van der Waals surface area contributed by atoms with Crippen LogP contribution < -0.4 is 14.4 Å². The second kappa shape index (κ2) is 14.1. The number of ether oxygens (including phenoxy) is 1. The minimum Gasteiger partial charge on any atom is -0.497 e. The topological polar surface area (TPSA) is 96.0 Å². The van der Waals surface area contributed by atoms with Gasteiger partial charge in [0.25, 0.3) is 10.0 Å². The number of benzene rings is 3. The van der Waals surface area contributed by atoms with Crippen LogP contribution in [0.4, 0.5) is 5.69 Å². The summed E-state index contributed by atoms with van der Waals surface area (Å²) in [5.74, 6) is -0.459. The largest absolute Gasteiger partial charge is 0.497 e. The molecule has 2 amide bonds. The zero-order valence-electron chi connectivity index (χ0n) is 22.2. The van der Waals surface area contributed by atoms with E-state index >= 15 is 0 Å². The Morgan fingerprint density at radius 2 is 1.57 bits per heavy atom. The molecule has 0 bridgehead atoms. The molecule has 0 saturated heterocycles. The van der Waals surface area contributed by atoms with Crippen LogP contribution in [-0.2, 0) is 26.2 Å². The average molecular weight is 627 g/mol. The SMILES string of the molecule is CCNC(=O)C(CC)N(Cc1ccc(Cl)c(Cl)c1)C(=O)CN(c1ccc(Cl)cc1)S(=O)(=O)c1ccc(OC)cc1. The highest BCUT2D eigenvalue weighted by molar-refractivity contribution is 7.92. The third kappa shape index (κ3) is 7.60. The quantitative estimate of drug-likeness (QED) is 0.274. The molecule has 1 atom stereocenters. The molecule has 12 heteroatoms. The summed E-state index contributed by atoms with van der Waals surface area (Å²) in [4.78, 5) is 28.3. The summed E-state index contributed by atoms with van der Waals surface area (Å²) >= 11 is 18.3. The fourth-order valence-corrected chi connectivity index (χ4v) is 5.92. The molecule has 0 aliphatic carbocycles. The van der Waals surface area contributed by atoms with Crippen molar-refractivity contribution in [2.75, 3.05) is 24.5 Å². The van der Waals surface area contributed by atoms with Gasteiger partial charge in [-0.3, -0.25) is 13.9 Å². The van der Waals surface area contributed by atoms with E-state index in [1.165, 1.54) is 60.5 Å². The molecule has 3 aromatic rings. The first-order valence-corrected chi connectivity index (χ1v) is 15.0. The summed E-state index contributed by atoms with van der Waals surface area (Å²) in [7, 11) is -2.74. The summed E-state index contributed by atoms with van der Waals surface area (Å²) in [6.45, 7) is 3.35. The van der Waals surface area contributed by atoms with Gasteiger partial charge in [-0.25, -0.2) is 8.42 Å². The average Bonchev–Trinajstić information content (AvgIpc) is 2.94. The number of halogens is 3.